The number of carbonyl (C=O) groups is 5. The second kappa shape index (κ2) is 21.3. The first-order valence-corrected chi connectivity index (χ1v) is 25.3. The second-order valence-electron chi connectivity index (χ2n) is 17.4. The van der Waals surface area contributed by atoms with Crippen LogP contribution in [0.15, 0.2) is 173 Å². The number of fused-ring (bicyclic) bond motifs is 1. The first-order chi connectivity index (χ1) is 33.7. The standard InChI is InChI=1S/C54H51N5O8S3/c1-6-53(50(64)66-52(3,4)5,42-34-69-51(56-42)58-54(38-26-16-9-17-27-38,39-28-18-10-19-29-39)40-30-20-11-21-31-40)67-55-32-43(61)57-44-47(62)59-45(41(70-35(2)60)33-68-48(44)59)49(63)65-46(36-22-12-7-13-23-36)37-24-14-8-15-25-37/h7-32,34,44,46,48H,6,33H2,1-5H3,(H,56,58)(H,57,61)/b55-32-. The molecule has 5 aromatic carbocycles. The molecular formula is C54H51N5O8S3. The van der Waals surface area contributed by atoms with Crippen LogP contribution >= 0.6 is 34.9 Å². The fourth-order valence-corrected chi connectivity index (χ4v) is 11.4. The molecule has 2 amide bonds. The van der Waals surface area contributed by atoms with Crippen molar-refractivity contribution in [3.05, 3.63) is 201 Å². The Balaban J connectivity index is 1.04. The molecule has 13 nitrogen and oxygen atoms in total. The van der Waals surface area contributed by atoms with E-state index < -0.39 is 58.0 Å². The number of aromatic nitrogens is 1. The quantitative estimate of drug-likeness (QED) is 0.0293. The van der Waals surface area contributed by atoms with E-state index in [-0.39, 0.29) is 28.7 Å². The smallest absolute Gasteiger partial charge is 0.360 e. The monoisotopic (exact) mass is 993 g/mol. The summed E-state index contributed by atoms with van der Waals surface area (Å²) in [4.78, 5) is 81.2. The molecule has 16 heteroatoms. The van der Waals surface area contributed by atoms with Gasteiger partial charge < -0.3 is 24.9 Å². The Morgan fingerprint density at radius 1 is 0.814 bits per heavy atom. The highest BCUT2D eigenvalue weighted by Crippen LogP contribution is 2.46. The highest BCUT2D eigenvalue weighted by atomic mass is 32.2. The molecule has 2 aliphatic rings. The molecule has 0 aliphatic carbocycles. The van der Waals surface area contributed by atoms with Gasteiger partial charge in [-0.1, -0.05) is 176 Å². The van der Waals surface area contributed by atoms with Crippen LogP contribution in [0.25, 0.3) is 0 Å². The van der Waals surface area contributed by atoms with Crippen molar-refractivity contribution in [2.75, 3.05) is 11.1 Å². The number of nitrogens with zero attached hydrogens (tertiary/aromatic N) is 3. The van der Waals surface area contributed by atoms with Crippen molar-refractivity contribution in [2.24, 2.45) is 5.16 Å². The largest absolute Gasteiger partial charge is 0.457 e. The molecule has 0 spiro atoms. The van der Waals surface area contributed by atoms with Crippen LogP contribution in [0.1, 0.15) is 80.7 Å². The highest BCUT2D eigenvalue weighted by molar-refractivity contribution is 8.17. The molecule has 1 aromatic heterocycles. The maximum Gasteiger partial charge on any atom is 0.360 e. The van der Waals surface area contributed by atoms with Crippen LogP contribution in [0, 0.1) is 0 Å². The van der Waals surface area contributed by atoms with Gasteiger partial charge in [0.2, 0.25) is 0 Å². The minimum atomic E-state index is -1.90. The lowest BCUT2D eigenvalue weighted by molar-refractivity contribution is -0.187. The van der Waals surface area contributed by atoms with Gasteiger partial charge in [-0.15, -0.1) is 23.1 Å². The van der Waals surface area contributed by atoms with Gasteiger partial charge in [-0.3, -0.25) is 19.3 Å². The van der Waals surface area contributed by atoms with Gasteiger partial charge in [-0.2, -0.15) is 0 Å². The average molecular weight is 994 g/mol. The third-order valence-corrected chi connectivity index (χ3v) is 14.7. The number of ether oxygens (including phenoxy) is 2. The third-order valence-electron chi connectivity index (χ3n) is 11.6. The Bertz CT molecular complexity index is 2760. The van der Waals surface area contributed by atoms with E-state index in [9.17, 15) is 24.0 Å². The first kappa shape index (κ1) is 49.4. The minimum absolute atomic E-state index is 0.0151. The Labute approximate surface area is 419 Å². The number of amides is 2. The summed E-state index contributed by atoms with van der Waals surface area (Å²) < 4.78 is 12.1. The summed E-state index contributed by atoms with van der Waals surface area (Å²) in [7, 11) is 0. The molecule has 0 bridgehead atoms. The number of esters is 2. The van der Waals surface area contributed by atoms with E-state index in [0.717, 1.165) is 34.7 Å². The van der Waals surface area contributed by atoms with Crippen molar-refractivity contribution < 1.29 is 38.3 Å². The number of hydrogen-bond acceptors (Lipinski definition) is 14. The molecule has 0 saturated carbocycles. The third kappa shape index (κ3) is 10.4. The van der Waals surface area contributed by atoms with Crippen LogP contribution in [0.2, 0.25) is 0 Å². The number of thiazole rings is 1. The molecule has 358 valence electrons. The van der Waals surface area contributed by atoms with Gasteiger partial charge in [0.25, 0.3) is 17.4 Å². The van der Waals surface area contributed by atoms with Crippen LogP contribution in [0.3, 0.4) is 0 Å². The summed E-state index contributed by atoms with van der Waals surface area (Å²) in [6, 6.07) is 47.4. The van der Waals surface area contributed by atoms with E-state index in [1.165, 1.54) is 34.9 Å². The lowest BCUT2D eigenvalue weighted by Crippen LogP contribution is -2.70. The number of nitrogens with one attached hydrogen (secondary N) is 2. The maximum absolute atomic E-state index is 14.3. The van der Waals surface area contributed by atoms with E-state index in [1.807, 2.05) is 152 Å². The minimum Gasteiger partial charge on any atom is -0.457 e. The number of β-lactam (4-membered cyclic amide) rings is 1. The van der Waals surface area contributed by atoms with Crippen molar-refractivity contribution in [3.8, 4) is 0 Å². The van der Waals surface area contributed by atoms with Crippen LogP contribution in [0.5, 0.6) is 0 Å². The van der Waals surface area contributed by atoms with Crippen LogP contribution < -0.4 is 10.6 Å². The lowest BCUT2D eigenvalue weighted by Gasteiger charge is -2.49. The van der Waals surface area contributed by atoms with Crippen molar-refractivity contribution in [3.63, 3.8) is 0 Å². The Morgan fingerprint density at radius 2 is 1.33 bits per heavy atom. The molecule has 1 fully saturated rings. The zero-order chi connectivity index (χ0) is 49.5. The zero-order valence-corrected chi connectivity index (χ0v) is 41.5. The van der Waals surface area contributed by atoms with Crippen molar-refractivity contribution in [2.45, 2.75) is 75.3 Å². The predicted octanol–water partition coefficient (Wildman–Crippen LogP) is 9.72. The summed E-state index contributed by atoms with van der Waals surface area (Å²) in [6.07, 6.45) is 0.0549. The van der Waals surface area contributed by atoms with Gasteiger partial charge in [0, 0.05) is 29.4 Å². The van der Waals surface area contributed by atoms with Crippen LogP contribution in [0.4, 0.5) is 5.13 Å². The molecule has 8 rings (SSSR count). The zero-order valence-electron chi connectivity index (χ0n) is 39.1. The van der Waals surface area contributed by atoms with Gasteiger partial charge >= 0.3 is 11.9 Å². The molecule has 6 aromatic rings. The summed E-state index contributed by atoms with van der Waals surface area (Å²) in [5.41, 5.74) is 0.687. The SMILES string of the molecule is CCC(O/N=C\C(=O)NC1C(=O)N2C(C(=O)OC(c3ccccc3)c3ccccc3)=C(SC(C)=O)CSC12)(C(=O)OC(C)(C)C)c1csc(NC(c2ccccc2)(c2ccccc2)c2ccccc2)n1. The molecule has 70 heavy (non-hydrogen) atoms. The molecular weight excluding hydrogens is 943 g/mol. The Morgan fingerprint density at radius 3 is 1.81 bits per heavy atom. The van der Waals surface area contributed by atoms with Gasteiger partial charge in [0.15, 0.2) is 16.4 Å². The number of rotatable bonds is 17. The molecule has 3 heterocycles. The van der Waals surface area contributed by atoms with E-state index in [1.54, 1.807) is 33.1 Å². The van der Waals surface area contributed by atoms with E-state index in [2.05, 4.69) is 15.8 Å². The summed E-state index contributed by atoms with van der Waals surface area (Å²) in [6.45, 7) is 8.31. The van der Waals surface area contributed by atoms with E-state index >= 15 is 0 Å². The molecule has 0 radical (unpaired) electrons. The molecule has 2 aliphatic heterocycles. The van der Waals surface area contributed by atoms with E-state index in [4.69, 9.17) is 19.3 Å². The number of oxime groups is 1. The highest BCUT2D eigenvalue weighted by Gasteiger charge is 2.55. The Kier molecular flexibility index (Phi) is 15.1. The van der Waals surface area contributed by atoms with Crippen molar-refractivity contribution >= 4 is 75.1 Å². The number of anilines is 1. The summed E-state index contributed by atoms with van der Waals surface area (Å²) in [5, 5.41) is 11.7. The van der Waals surface area contributed by atoms with Gasteiger partial charge in [-0.25, -0.2) is 14.6 Å². The fraction of sp³-hybridized carbons (Fsp3) is 0.241. The van der Waals surface area contributed by atoms with E-state index in [0.29, 0.717) is 21.2 Å². The molecule has 3 atom stereocenters. The first-order valence-electron chi connectivity index (χ1n) is 22.6. The number of carbonyl (C=O) groups excluding carboxylic acids is 5. The average Bonchev–Trinajstić information content (AvgIpc) is 3.84. The fourth-order valence-electron chi connectivity index (χ4n) is 8.33. The normalized spacial score (nSPS) is 16.7. The summed E-state index contributed by atoms with van der Waals surface area (Å²) in [5.74, 6) is -2.73. The van der Waals surface area contributed by atoms with Gasteiger partial charge in [0.05, 0.1) is 0 Å². The predicted molar refractivity (Wildman–Crippen MR) is 273 cm³/mol. The number of hydrogen-bond donors (Lipinski definition) is 2. The lowest BCUT2D eigenvalue weighted by atomic mass is 9.77. The van der Waals surface area contributed by atoms with Crippen molar-refractivity contribution in [1.29, 1.82) is 0 Å². The van der Waals surface area contributed by atoms with Gasteiger partial charge in [-0.05, 0) is 48.6 Å². The number of thioether (sulfide) groups is 2. The summed E-state index contributed by atoms with van der Waals surface area (Å²) >= 11 is 3.42. The second-order valence-corrected chi connectivity index (χ2v) is 20.6. The molecule has 3 unspecified atom stereocenters. The van der Waals surface area contributed by atoms with Crippen LogP contribution in [-0.4, -0.2) is 67.7 Å². The maximum atomic E-state index is 14.3. The number of benzene rings is 5. The van der Waals surface area contributed by atoms with Crippen LogP contribution in [-0.2, 0) is 49.4 Å². The Hall–Kier alpha value is -7.01. The van der Waals surface area contributed by atoms with Gasteiger partial charge in [0.1, 0.15) is 40.2 Å². The topological polar surface area (TPSA) is 166 Å². The molecule has 2 N–H and O–H groups in total. The van der Waals surface area contributed by atoms with Crippen molar-refractivity contribution in [1.82, 2.24) is 15.2 Å². The molecule has 1 saturated heterocycles.